The van der Waals surface area contributed by atoms with Crippen LogP contribution in [0, 0.1) is 11.6 Å². The van der Waals surface area contributed by atoms with Gasteiger partial charge in [-0.15, -0.1) is 0 Å². The van der Waals surface area contributed by atoms with E-state index in [9.17, 15) is 18.4 Å². The van der Waals surface area contributed by atoms with Gasteiger partial charge in [-0.3, -0.25) is 4.79 Å². The van der Waals surface area contributed by atoms with E-state index in [4.69, 9.17) is 5.73 Å². The predicted molar refractivity (Wildman–Crippen MR) is 73.8 cm³/mol. The Morgan fingerprint density at radius 2 is 2.00 bits per heavy atom. The molecule has 5 nitrogen and oxygen atoms in total. The number of nitrogens with two attached hydrogens (primary N) is 1. The van der Waals surface area contributed by atoms with Crippen LogP contribution < -0.4 is 11.1 Å². The molecule has 0 saturated carbocycles. The first-order chi connectivity index (χ1) is 9.88. The molecule has 21 heavy (non-hydrogen) atoms. The van der Waals surface area contributed by atoms with Gasteiger partial charge in [0, 0.05) is 18.5 Å². The number of ether oxygens (including phenoxy) is 1. The minimum Gasteiger partial charge on any atom is -0.465 e. The van der Waals surface area contributed by atoms with E-state index in [2.05, 4.69) is 10.1 Å². The third-order valence-corrected chi connectivity index (χ3v) is 2.84. The van der Waals surface area contributed by atoms with Gasteiger partial charge in [0.25, 0.3) is 0 Å². The Balaban J connectivity index is 2.88. The van der Waals surface area contributed by atoms with E-state index in [-0.39, 0.29) is 18.2 Å². The Bertz CT molecular complexity index is 535. The molecule has 0 heterocycles. The van der Waals surface area contributed by atoms with Gasteiger partial charge in [0.1, 0.15) is 11.6 Å². The number of rotatable bonds is 6. The standard InChI is InChI=1S/C14H18F2N2O3/c1-3-4-8(17)5-13(19)18-12-6-9(14(20)21-2)10(15)7-11(12)16/h6-8H,3-5,17H2,1-2H3,(H,18,19). The molecule has 1 amide bonds. The van der Waals surface area contributed by atoms with Crippen molar-refractivity contribution in [3.05, 3.63) is 29.3 Å². The number of esters is 1. The van der Waals surface area contributed by atoms with Crippen molar-refractivity contribution in [2.45, 2.75) is 32.2 Å². The first-order valence-electron chi connectivity index (χ1n) is 6.51. The predicted octanol–water partition coefficient (Wildman–Crippen LogP) is 2.21. The van der Waals surface area contributed by atoms with E-state index >= 15 is 0 Å². The van der Waals surface area contributed by atoms with Crippen LogP contribution in [0.25, 0.3) is 0 Å². The third-order valence-electron chi connectivity index (χ3n) is 2.84. The molecule has 1 aromatic rings. The summed E-state index contributed by atoms with van der Waals surface area (Å²) in [5.41, 5.74) is 4.97. The molecule has 116 valence electrons. The van der Waals surface area contributed by atoms with Gasteiger partial charge in [-0.25, -0.2) is 13.6 Å². The molecule has 1 atom stereocenters. The fraction of sp³-hybridized carbons (Fsp3) is 0.429. The molecule has 0 fully saturated rings. The molecule has 1 aromatic carbocycles. The van der Waals surface area contributed by atoms with Gasteiger partial charge >= 0.3 is 5.97 Å². The van der Waals surface area contributed by atoms with E-state index in [1.807, 2.05) is 6.92 Å². The Morgan fingerprint density at radius 1 is 1.33 bits per heavy atom. The molecule has 3 N–H and O–H groups in total. The van der Waals surface area contributed by atoms with Crippen LogP contribution in [0.3, 0.4) is 0 Å². The summed E-state index contributed by atoms with van der Waals surface area (Å²) in [6.07, 6.45) is 1.50. The van der Waals surface area contributed by atoms with E-state index in [0.29, 0.717) is 12.5 Å². The van der Waals surface area contributed by atoms with Crippen molar-refractivity contribution in [1.29, 1.82) is 0 Å². The van der Waals surface area contributed by atoms with Crippen molar-refractivity contribution >= 4 is 17.6 Å². The summed E-state index contributed by atoms with van der Waals surface area (Å²) in [5.74, 6) is -3.49. The van der Waals surface area contributed by atoms with Crippen LogP contribution >= 0.6 is 0 Å². The van der Waals surface area contributed by atoms with Gasteiger partial charge < -0.3 is 15.8 Å². The third kappa shape index (κ3) is 4.78. The average Bonchev–Trinajstić information content (AvgIpc) is 2.41. The van der Waals surface area contributed by atoms with Crippen molar-refractivity contribution in [1.82, 2.24) is 0 Å². The van der Waals surface area contributed by atoms with E-state index in [0.717, 1.165) is 19.6 Å². The second-order valence-electron chi connectivity index (χ2n) is 4.60. The zero-order valence-corrected chi connectivity index (χ0v) is 11.9. The van der Waals surface area contributed by atoms with Crippen LogP contribution in [-0.2, 0) is 9.53 Å². The summed E-state index contributed by atoms with van der Waals surface area (Å²) in [4.78, 5) is 23.0. The first kappa shape index (κ1) is 17.0. The van der Waals surface area contributed by atoms with Gasteiger partial charge in [-0.05, 0) is 12.5 Å². The lowest BCUT2D eigenvalue weighted by atomic mass is 10.1. The van der Waals surface area contributed by atoms with Crippen molar-refractivity contribution in [2.75, 3.05) is 12.4 Å². The van der Waals surface area contributed by atoms with E-state index < -0.39 is 29.1 Å². The zero-order valence-electron chi connectivity index (χ0n) is 11.9. The van der Waals surface area contributed by atoms with Crippen LogP contribution in [0.5, 0.6) is 0 Å². The fourth-order valence-electron chi connectivity index (χ4n) is 1.82. The number of carbonyl (C=O) groups excluding carboxylic acids is 2. The number of hydrogen-bond donors (Lipinski definition) is 2. The second-order valence-corrected chi connectivity index (χ2v) is 4.60. The molecule has 0 bridgehead atoms. The molecule has 0 aromatic heterocycles. The lowest BCUT2D eigenvalue weighted by Crippen LogP contribution is -2.27. The number of carbonyl (C=O) groups is 2. The lowest BCUT2D eigenvalue weighted by Gasteiger charge is -2.12. The second kappa shape index (κ2) is 7.68. The maximum atomic E-state index is 13.6. The molecule has 7 heteroatoms. The van der Waals surface area contributed by atoms with Crippen molar-refractivity contribution < 1.29 is 23.1 Å². The topological polar surface area (TPSA) is 81.4 Å². The molecule has 0 aliphatic carbocycles. The van der Waals surface area contributed by atoms with E-state index in [1.54, 1.807) is 0 Å². The fourth-order valence-corrected chi connectivity index (χ4v) is 1.82. The first-order valence-corrected chi connectivity index (χ1v) is 6.51. The highest BCUT2D eigenvalue weighted by Gasteiger charge is 2.18. The summed E-state index contributed by atoms with van der Waals surface area (Å²) in [7, 11) is 1.08. The number of methoxy groups -OCH3 is 1. The Hall–Kier alpha value is -2.02. The van der Waals surface area contributed by atoms with Gasteiger partial charge in [-0.2, -0.15) is 0 Å². The molecule has 1 unspecified atom stereocenters. The molecular formula is C14H18F2N2O3. The van der Waals surface area contributed by atoms with E-state index in [1.165, 1.54) is 0 Å². The summed E-state index contributed by atoms with van der Waals surface area (Å²) < 4.78 is 31.4. The highest BCUT2D eigenvalue weighted by molar-refractivity contribution is 5.95. The normalized spacial score (nSPS) is 11.9. The summed E-state index contributed by atoms with van der Waals surface area (Å²) in [6.45, 7) is 1.93. The summed E-state index contributed by atoms with van der Waals surface area (Å²) in [6, 6.07) is 1.09. The van der Waals surface area contributed by atoms with Crippen LogP contribution in [0.2, 0.25) is 0 Å². The number of nitrogens with one attached hydrogen (secondary N) is 1. The number of amides is 1. The average molecular weight is 300 g/mol. The monoisotopic (exact) mass is 300 g/mol. The minimum atomic E-state index is -1.06. The Kier molecular flexibility index (Phi) is 6.23. The number of anilines is 1. The van der Waals surface area contributed by atoms with Crippen LogP contribution in [0.1, 0.15) is 36.5 Å². The van der Waals surface area contributed by atoms with Crippen LogP contribution in [0.15, 0.2) is 12.1 Å². The summed E-state index contributed by atoms with van der Waals surface area (Å²) >= 11 is 0. The Labute approximate surface area is 121 Å². The molecular weight excluding hydrogens is 282 g/mol. The number of hydrogen-bond acceptors (Lipinski definition) is 4. The minimum absolute atomic E-state index is 0.0121. The molecule has 0 radical (unpaired) electrons. The molecule has 0 saturated heterocycles. The van der Waals surface area contributed by atoms with Gasteiger partial charge in [0.2, 0.25) is 5.91 Å². The highest BCUT2D eigenvalue weighted by atomic mass is 19.1. The van der Waals surface area contributed by atoms with Gasteiger partial charge in [0.15, 0.2) is 0 Å². The van der Waals surface area contributed by atoms with Crippen LogP contribution in [0.4, 0.5) is 14.5 Å². The number of benzene rings is 1. The van der Waals surface area contributed by atoms with Crippen molar-refractivity contribution in [3.63, 3.8) is 0 Å². The Morgan fingerprint density at radius 3 is 2.57 bits per heavy atom. The van der Waals surface area contributed by atoms with Gasteiger partial charge in [0.05, 0.1) is 18.4 Å². The largest absolute Gasteiger partial charge is 0.465 e. The maximum absolute atomic E-state index is 13.6. The molecule has 1 rings (SSSR count). The molecule has 0 aliphatic heterocycles. The molecule has 0 aliphatic rings. The van der Waals surface area contributed by atoms with Crippen molar-refractivity contribution in [2.24, 2.45) is 5.73 Å². The highest BCUT2D eigenvalue weighted by Crippen LogP contribution is 2.20. The number of halogens is 2. The smallest absolute Gasteiger partial charge is 0.340 e. The lowest BCUT2D eigenvalue weighted by molar-refractivity contribution is -0.116. The SMILES string of the molecule is CCCC(N)CC(=O)Nc1cc(C(=O)OC)c(F)cc1F. The molecule has 0 spiro atoms. The summed E-state index contributed by atoms with van der Waals surface area (Å²) in [5, 5.41) is 2.28. The maximum Gasteiger partial charge on any atom is 0.340 e. The zero-order chi connectivity index (χ0) is 16.0. The quantitative estimate of drug-likeness (QED) is 0.789. The van der Waals surface area contributed by atoms with Gasteiger partial charge in [-0.1, -0.05) is 13.3 Å². The van der Waals surface area contributed by atoms with Crippen molar-refractivity contribution in [3.8, 4) is 0 Å². The van der Waals surface area contributed by atoms with Crippen LogP contribution in [-0.4, -0.2) is 25.0 Å².